The number of aliphatic hydroxyl groups is 1. The maximum absolute atomic E-state index is 11.5. The van der Waals surface area contributed by atoms with E-state index in [1.54, 1.807) is 0 Å². The molecular formula is C13H17N3O2. The van der Waals surface area contributed by atoms with Crippen molar-refractivity contribution in [2.24, 2.45) is 0 Å². The van der Waals surface area contributed by atoms with Crippen LogP contribution in [0.1, 0.15) is 17.8 Å². The number of pyridine rings is 1. The van der Waals surface area contributed by atoms with Crippen LogP contribution in [0.3, 0.4) is 0 Å². The number of aryl methyl sites for hydroxylation is 2. The van der Waals surface area contributed by atoms with E-state index in [2.05, 4.69) is 10.3 Å². The molecule has 0 aliphatic heterocycles. The van der Waals surface area contributed by atoms with Crippen LogP contribution < -0.4 is 5.32 Å². The van der Waals surface area contributed by atoms with Crippen molar-refractivity contribution in [3.63, 3.8) is 0 Å². The summed E-state index contributed by atoms with van der Waals surface area (Å²) < 4.78 is 2.01. The lowest BCUT2D eigenvalue weighted by Gasteiger charge is -2.04. The van der Waals surface area contributed by atoms with Gasteiger partial charge in [0.1, 0.15) is 5.65 Å². The summed E-state index contributed by atoms with van der Waals surface area (Å²) in [5.41, 5.74) is 2.92. The van der Waals surface area contributed by atoms with Crippen molar-refractivity contribution in [1.29, 1.82) is 0 Å². The second-order valence-corrected chi connectivity index (χ2v) is 4.15. The summed E-state index contributed by atoms with van der Waals surface area (Å²) in [6, 6.07) is 5.84. The van der Waals surface area contributed by atoms with Gasteiger partial charge in [-0.15, -0.1) is 0 Å². The molecule has 18 heavy (non-hydrogen) atoms. The third-order valence-electron chi connectivity index (χ3n) is 2.85. The minimum absolute atomic E-state index is 0.0274. The summed E-state index contributed by atoms with van der Waals surface area (Å²) in [5.74, 6) is -0.0469. The first kappa shape index (κ1) is 12.6. The highest BCUT2D eigenvalue weighted by Crippen LogP contribution is 2.13. The Bertz CT molecular complexity index is 548. The minimum atomic E-state index is -0.0469. The fourth-order valence-electron chi connectivity index (χ4n) is 1.98. The fourth-order valence-corrected chi connectivity index (χ4v) is 1.98. The Balaban J connectivity index is 2.07. The Morgan fingerprint density at radius 3 is 3.11 bits per heavy atom. The topological polar surface area (TPSA) is 66.6 Å². The third-order valence-corrected chi connectivity index (χ3v) is 2.85. The maximum atomic E-state index is 11.5. The lowest BCUT2D eigenvalue weighted by Crippen LogP contribution is -2.26. The minimum Gasteiger partial charge on any atom is -0.395 e. The van der Waals surface area contributed by atoms with Gasteiger partial charge in [0.25, 0.3) is 0 Å². The highest BCUT2D eigenvalue weighted by atomic mass is 16.3. The second kappa shape index (κ2) is 5.64. The van der Waals surface area contributed by atoms with Crippen LogP contribution in [0.2, 0.25) is 0 Å². The molecule has 96 valence electrons. The van der Waals surface area contributed by atoms with Gasteiger partial charge in [-0.05, 0) is 25.5 Å². The molecule has 0 saturated carbocycles. The van der Waals surface area contributed by atoms with E-state index in [1.807, 2.05) is 35.7 Å². The number of amides is 1. The normalized spacial score (nSPS) is 10.8. The van der Waals surface area contributed by atoms with E-state index in [9.17, 15) is 4.79 Å². The molecule has 2 rings (SSSR count). The molecule has 0 aliphatic rings. The molecule has 0 aliphatic carbocycles. The van der Waals surface area contributed by atoms with E-state index >= 15 is 0 Å². The van der Waals surface area contributed by atoms with Crippen molar-refractivity contribution in [3.05, 3.63) is 35.8 Å². The molecule has 0 radical (unpaired) electrons. The molecule has 0 unspecified atom stereocenters. The quantitative estimate of drug-likeness (QED) is 0.816. The summed E-state index contributed by atoms with van der Waals surface area (Å²) in [6.07, 6.45) is 3.01. The number of imidazole rings is 1. The number of carbonyl (C=O) groups is 1. The van der Waals surface area contributed by atoms with Gasteiger partial charge >= 0.3 is 0 Å². The van der Waals surface area contributed by atoms with Gasteiger partial charge in [-0.2, -0.15) is 0 Å². The van der Waals surface area contributed by atoms with Crippen LogP contribution in [0.25, 0.3) is 5.65 Å². The van der Waals surface area contributed by atoms with Crippen molar-refractivity contribution >= 4 is 11.6 Å². The van der Waals surface area contributed by atoms with Gasteiger partial charge in [0.05, 0.1) is 12.3 Å². The molecule has 2 aromatic heterocycles. The summed E-state index contributed by atoms with van der Waals surface area (Å²) in [7, 11) is 0. The van der Waals surface area contributed by atoms with Gasteiger partial charge < -0.3 is 14.8 Å². The van der Waals surface area contributed by atoms with Crippen molar-refractivity contribution in [2.75, 3.05) is 13.2 Å². The van der Waals surface area contributed by atoms with Crippen molar-refractivity contribution in [1.82, 2.24) is 14.7 Å². The van der Waals surface area contributed by atoms with Crippen LogP contribution in [-0.4, -0.2) is 33.6 Å². The number of fused-ring (bicyclic) bond motifs is 1. The van der Waals surface area contributed by atoms with Crippen LogP contribution in [0.4, 0.5) is 0 Å². The largest absolute Gasteiger partial charge is 0.395 e. The smallest absolute Gasteiger partial charge is 0.220 e. The van der Waals surface area contributed by atoms with Crippen molar-refractivity contribution < 1.29 is 9.90 Å². The highest BCUT2D eigenvalue weighted by Gasteiger charge is 2.09. The zero-order valence-electron chi connectivity index (χ0n) is 10.4. The molecule has 2 heterocycles. The Morgan fingerprint density at radius 2 is 2.33 bits per heavy atom. The average molecular weight is 247 g/mol. The first-order chi connectivity index (χ1) is 8.72. The van der Waals surface area contributed by atoms with Crippen LogP contribution in [0.15, 0.2) is 24.4 Å². The van der Waals surface area contributed by atoms with Crippen molar-refractivity contribution in [3.8, 4) is 0 Å². The lowest BCUT2D eigenvalue weighted by molar-refractivity contribution is -0.121. The average Bonchev–Trinajstić information content (AvgIpc) is 2.69. The number of nitrogens with zero attached hydrogens (tertiary/aromatic N) is 2. The molecule has 5 heteroatoms. The van der Waals surface area contributed by atoms with Crippen LogP contribution in [0.5, 0.6) is 0 Å². The first-order valence-electron chi connectivity index (χ1n) is 6.02. The van der Waals surface area contributed by atoms with Gasteiger partial charge in [-0.1, -0.05) is 6.07 Å². The number of rotatable bonds is 5. The van der Waals surface area contributed by atoms with Crippen LogP contribution in [0, 0.1) is 6.92 Å². The summed E-state index contributed by atoms with van der Waals surface area (Å²) in [4.78, 5) is 15.9. The van der Waals surface area contributed by atoms with Gasteiger partial charge in [-0.3, -0.25) is 4.79 Å². The number of nitrogens with one attached hydrogen (secondary N) is 1. The van der Waals surface area contributed by atoms with Gasteiger partial charge in [0.15, 0.2) is 0 Å². The summed E-state index contributed by atoms with van der Waals surface area (Å²) in [6.45, 7) is 2.24. The standard InChI is InChI=1S/C13H17N3O2/c1-10-11(5-6-13(18)14-7-9-17)16-8-3-2-4-12(16)15-10/h2-4,8,17H,5-7,9H2,1H3,(H,14,18). The maximum Gasteiger partial charge on any atom is 0.220 e. The highest BCUT2D eigenvalue weighted by molar-refractivity contribution is 5.76. The van der Waals surface area contributed by atoms with E-state index in [0.29, 0.717) is 19.4 Å². The number of aromatic nitrogens is 2. The zero-order valence-corrected chi connectivity index (χ0v) is 10.4. The molecule has 0 atom stereocenters. The SMILES string of the molecule is Cc1nc2ccccn2c1CCC(=O)NCCO. The van der Waals surface area contributed by atoms with E-state index in [4.69, 9.17) is 5.11 Å². The Kier molecular flexibility index (Phi) is 3.94. The summed E-state index contributed by atoms with van der Waals surface area (Å²) >= 11 is 0. The van der Waals surface area contributed by atoms with Gasteiger partial charge in [0, 0.05) is 24.9 Å². The van der Waals surface area contributed by atoms with E-state index in [-0.39, 0.29) is 12.5 Å². The monoisotopic (exact) mass is 247 g/mol. The number of hydrogen-bond donors (Lipinski definition) is 2. The first-order valence-corrected chi connectivity index (χ1v) is 6.02. The zero-order chi connectivity index (χ0) is 13.0. The molecule has 0 bridgehead atoms. The molecule has 0 fully saturated rings. The van der Waals surface area contributed by atoms with Crippen LogP contribution >= 0.6 is 0 Å². The molecule has 0 aromatic carbocycles. The van der Waals surface area contributed by atoms with E-state index < -0.39 is 0 Å². The predicted octanol–water partition coefficient (Wildman–Crippen LogP) is 0.684. The number of carbonyl (C=O) groups excluding carboxylic acids is 1. The molecule has 2 N–H and O–H groups in total. The number of hydrogen-bond acceptors (Lipinski definition) is 3. The summed E-state index contributed by atoms with van der Waals surface area (Å²) in [5, 5.41) is 11.3. The van der Waals surface area contributed by atoms with Gasteiger partial charge in [-0.25, -0.2) is 4.98 Å². The Morgan fingerprint density at radius 1 is 1.50 bits per heavy atom. The van der Waals surface area contributed by atoms with E-state index in [1.165, 1.54) is 0 Å². The molecule has 2 aromatic rings. The molecule has 5 nitrogen and oxygen atoms in total. The van der Waals surface area contributed by atoms with Crippen LogP contribution in [-0.2, 0) is 11.2 Å². The Labute approximate surface area is 105 Å². The molecule has 1 amide bonds. The molecular weight excluding hydrogens is 230 g/mol. The third kappa shape index (κ3) is 2.68. The lowest BCUT2D eigenvalue weighted by atomic mass is 10.2. The second-order valence-electron chi connectivity index (χ2n) is 4.15. The molecule has 0 saturated heterocycles. The van der Waals surface area contributed by atoms with Gasteiger partial charge in [0.2, 0.25) is 5.91 Å². The molecule has 0 spiro atoms. The fraction of sp³-hybridized carbons (Fsp3) is 0.385. The number of aliphatic hydroxyl groups excluding tert-OH is 1. The predicted molar refractivity (Wildman–Crippen MR) is 68.3 cm³/mol. The Hall–Kier alpha value is -1.88. The van der Waals surface area contributed by atoms with Crippen molar-refractivity contribution in [2.45, 2.75) is 19.8 Å². The van der Waals surface area contributed by atoms with E-state index in [0.717, 1.165) is 17.0 Å².